The van der Waals surface area contributed by atoms with Crippen LogP contribution in [0.25, 0.3) is 0 Å². The van der Waals surface area contributed by atoms with Crippen LogP contribution in [0.4, 0.5) is 38.0 Å². The Kier molecular flexibility index (Phi) is 7.14. The number of nitrogens with one attached hydrogen (secondary N) is 1. The first-order valence-corrected chi connectivity index (χ1v) is 13.0. The number of hydrogen-bond donors (Lipinski definition) is 1. The van der Waals surface area contributed by atoms with Crippen molar-refractivity contribution in [1.29, 1.82) is 0 Å². The SMILES string of the molecule is CP(C)(=O)c1ccc(Nc2ncc(C(F)(F)F)c(SCc3cccc(C(F)(F)F)c3)n2)cc1. The van der Waals surface area contributed by atoms with Crippen molar-refractivity contribution in [3.8, 4) is 0 Å². The summed E-state index contributed by atoms with van der Waals surface area (Å²) < 4.78 is 91.1. The summed E-state index contributed by atoms with van der Waals surface area (Å²) >= 11 is 0.662. The normalized spacial score (nSPS) is 12.6. The molecule has 1 N–H and O–H groups in total. The van der Waals surface area contributed by atoms with Crippen LogP contribution in [0.1, 0.15) is 16.7 Å². The largest absolute Gasteiger partial charge is 0.420 e. The van der Waals surface area contributed by atoms with Gasteiger partial charge in [0.25, 0.3) is 0 Å². The van der Waals surface area contributed by atoms with Gasteiger partial charge in [0.2, 0.25) is 5.95 Å². The van der Waals surface area contributed by atoms with Gasteiger partial charge in [-0.05, 0) is 49.2 Å². The Morgan fingerprint density at radius 2 is 1.64 bits per heavy atom. The zero-order valence-corrected chi connectivity index (χ0v) is 19.0. The third kappa shape index (κ3) is 6.74. The fourth-order valence-corrected chi connectivity index (χ4v) is 4.58. The number of halogens is 6. The van der Waals surface area contributed by atoms with Gasteiger partial charge in [-0.25, -0.2) is 9.97 Å². The fraction of sp³-hybridized carbons (Fsp3) is 0.238. The second-order valence-electron chi connectivity index (χ2n) is 7.42. The lowest BCUT2D eigenvalue weighted by molar-refractivity contribution is -0.140. The van der Waals surface area contributed by atoms with Crippen LogP contribution in [0.5, 0.6) is 0 Å². The molecule has 0 amide bonds. The molecule has 0 saturated carbocycles. The van der Waals surface area contributed by atoms with Crippen molar-refractivity contribution in [1.82, 2.24) is 9.97 Å². The Labute approximate surface area is 190 Å². The Morgan fingerprint density at radius 3 is 2.21 bits per heavy atom. The van der Waals surface area contributed by atoms with Crippen LogP contribution in [0.15, 0.2) is 59.8 Å². The highest BCUT2D eigenvalue weighted by Gasteiger charge is 2.35. The molecular weight excluding hydrogens is 487 g/mol. The van der Waals surface area contributed by atoms with E-state index < -0.39 is 35.6 Å². The molecular formula is C21H18F6N3OPS. The van der Waals surface area contributed by atoms with Crippen molar-refractivity contribution < 1.29 is 30.9 Å². The Bertz CT molecular complexity index is 1180. The molecule has 33 heavy (non-hydrogen) atoms. The quantitative estimate of drug-likeness (QED) is 0.173. The second kappa shape index (κ2) is 9.38. The smallest absolute Gasteiger partial charge is 0.324 e. The van der Waals surface area contributed by atoms with E-state index in [9.17, 15) is 30.9 Å². The molecule has 0 saturated heterocycles. The number of aromatic nitrogens is 2. The molecule has 12 heteroatoms. The minimum atomic E-state index is -4.74. The van der Waals surface area contributed by atoms with E-state index in [2.05, 4.69) is 15.3 Å². The third-order valence-corrected chi connectivity index (χ3v) is 7.04. The van der Waals surface area contributed by atoms with Crippen LogP contribution < -0.4 is 10.6 Å². The van der Waals surface area contributed by atoms with Gasteiger partial charge in [0, 0.05) is 22.9 Å². The highest BCUT2D eigenvalue weighted by atomic mass is 32.2. The number of thioether (sulfide) groups is 1. The molecule has 0 atom stereocenters. The van der Waals surface area contributed by atoms with E-state index in [-0.39, 0.29) is 17.3 Å². The molecule has 4 nitrogen and oxygen atoms in total. The summed E-state index contributed by atoms with van der Waals surface area (Å²) in [5.41, 5.74) is -1.29. The standard InChI is InChI=1S/C21H18F6N3OPS/c1-32(2,31)16-8-6-15(7-9-16)29-19-28-11-17(21(25,26)27)18(30-19)33-12-13-4-3-5-14(10-13)20(22,23)24/h3-11H,12H2,1-2H3,(H,28,29,30). The summed E-state index contributed by atoms with van der Waals surface area (Å²) in [6, 6.07) is 10.9. The average Bonchev–Trinajstić information content (AvgIpc) is 2.71. The van der Waals surface area contributed by atoms with Gasteiger partial charge in [-0.1, -0.05) is 18.2 Å². The van der Waals surface area contributed by atoms with Crippen LogP contribution in [-0.2, 0) is 22.7 Å². The van der Waals surface area contributed by atoms with Crippen molar-refractivity contribution >= 4 is 35.8 Å². The third-order valence-electron chi connectivity index (χ3n) is 4.43. The van der Waals surface area contributed by atoms with Crippen LogP contribution >= 0.6 is 18.9 Å². The van der Waals surface area contributed by atoms with Gasteiger partial charge in [0.1, 0.15) is 17.7 Å². The highest BCUT2D eigenvalue weighted by molar-refractivity contribution is 7.98. The summed E-state index contributed by atoms with van der Waals surface area (Å²) in [4.78, 5) is 7.65. The molecule has 3 rings (SSSR count). The summed E-state index contributed by atoms with van der Waals surface area (Å²) in [5, 5.41) is 3.01. The number of rotatable bonds is 6. The average molecular weight is 505 g/mol. The molecule has 0 spiro atoms. The van der Waals surface area contributed by atoms with Crippen LogP contribution in [-0.4, -0.2) is 23.3 Å². The molecule has 0 fully saturated rings. The molecule has 1 aromatic heterocycles. The Balaban J connectivity index is 1.84. The van der Waals surface area contributed by atoms with Crippen molar-refractivity contribution in [2.45, 2.75) is 23.1 Å². The number of alkyl halides is 6. The van der Waals surface area contributed by atoms with Gasteiger partial charge in [0.05, 0.1) is 5.56 Å². The molecule has 176 valence electrons. The van der Waals surface area contributed by atoms with Crippen LogP contribution in [0, 0.1) is 0 Å². The van der Waals surface area contributed by atoms with E-state index in [1.54, 1.807) is 37.6 Å². The van der Waals surface area contributed by atoms with Gasteiger partial charge in [-0.3, -0.25) is 0 Å². The van der Waals surface area contributed by atoms with E-state index in [0.717, 1.165) is 12.1 Å². The Hall–Kier alpha value is -2.52. The number of benzene rings is 2. The lowest BCUT2D eigenvalue weighted by Crippen LogP contribution is -2.11. The van der Waals surface area contributed by atoms with Crippen molar-refractivity contribution in [2.24, 2.45) is 0 Å². The maximum atomic E-state index is 13.4. The predicted octanol–water partition coefficient (Wildman–Crippen LogP) is 6.80. The summed E-state index contributed by atoms with van der Waals surface area (Å²) in [5.74, 6) is -0.265. The van der Waals surface area contributed by atoms with Gasteiger partial charge in [-0.2, -0.15) is 26.3 Å². The molecule has 1 heterocycles. The Morgan fingerprint density at radius 1 is 0.970 bits per heavy atom. The van der Waals surface area contributed by atoms with E-state index in [0.29, 0.717) is 29.0 Å². The zero-order chi connectivity index (χ0) is 24.4. The van der Waals surface area contributed by atoms with E-state index >= 15 is 0 Å². The summed E-state index contributed by atoms with van der Waals surface area (Å²) in [7, 11) is -2.46. The minimum Gasteiger partial charge on any atom is -0.324 e. The zero-order valence-electron chi connectivity index (χ0n) is 17.3. The first-order valence-electron chi connectivity index (χ1n) is 9.39. The number of hydrogen-bond acceptors (Lipinski definition) is 5. The van der Waals surface area contributed by atoms with Crippen molar-refractivity contribution in [3.63, 3.8) is 0 Å². The number of anilines is 2. The lowest BCUT2D eigenvalue weighted by atomic mass is 10.1. The van der Waals surface area contributed by atoms with Gasteiger partial charge in [-0.15, -0.1) is 11.8 Å². The number of nitrogens with zero attached hydrogens (tertiary/aromatic N) is 2. The summed E-state index contributed by atoms with van der Waals surface area (Å²) in [6.07, 6.45) is -8.66. The van der Waals surface area contributed by atoms with Gasteiger partial charge < -0.3 is 9.88 Å². The predicted molar refractivity (Wildman–Crippen MR) is 117 cm³/mol. The highest BCUT2D eigenvalue weighted by Crippen LogP contribution is 2.38. The van der Waals surface area contributed by atoms with Crippen molar-refractivity contribution in [2.75, 3.05) is 18.6 Å². The molecule has 2 aromatic carbocycles. The van der Waals surface area contributed by atoms with E-state index in [1.165, 1.54) is 12.1 Å². The molecule has 0 aliphatic carbocycles. The molecule has 0 unspecified atom stereocenters. The van der Waals surface area contributed by atoms with E-state index in [4.69, 9.17) is 0 Å². The first kappa shape index (κ1) is 25.1. The summed E-state index contributed by atoms with van der Waals surface area (Å²) in [6.45, 7) is 3.23. The topological polar surface area (TPSA) is 54.9 Å². The van der Waals surface area contributed by atoms with Gasteiger partial charge >= 0.3 is 12.4 Å². The van der Waals surface area contributed by atoms with Crippen LogP contribution in [0.3, 0.4) is 0 Å². The minimum absolute atomic E-state index is 0.113. The fourth-order valence-electron chi connectivity index (χ4n) is 2.75. The molecule has 0 aliphatic rings. The maximum absolute atomic E-state index is 13.4. The molecule has 0 radical (unpaired) electrons. The molecule has 3 aromatic rings. The molecule has 0 bridgehead atoms. The maximum Gasteiger partial charge on any atom is 0.420 e. The first-order chi connectivity index (χ1) is 15.2. The van der Waals surface area contributed by atoms with Gasteiger partial charge in [0.15, 0.2) is 0 Å². The van der Waals surface area contributed by atoms with Crippen LogP contribution in [0.2, 0.25) is 0 Å². The lowest BCUT2D eigenvalue weighted by Gasteiger charge is -2.14. The van der Waals surface area contributed by atoms with E-state index in [1.807, 2.05) is 0 Å². The van der Waals surface area contributed by atoms with Crippen molar-refractivity contribution in [3.05, 3.63) is 71.4 Å². The second-order valence-corrected chi connectivity index (χ2v) is 11.6. The molecule has 0 aliphatic heterocycles. The monoisotopic (exact) mass is 505 g/mol.